The molecule has 248 valence electrons. The van der Waals surface area contributed by atoms with Crippen molar-refractivity contribution in [2.75, 3.05) is 4.90 Å². The van der Waals surface area contributed by atoms with Crippen molar-refractivity contribution < 1.29 is 24.6 Å². The second-order valence-electron chi connectivity index (χ2n) is 11.7. The van der Waals surface area contributed by atoms with Crippen molar-refractivity contribution in [1.29, 1.82) is 0 Å². The number of nitrogens with zero attached hydrogens (tertiary/aromatic N) is 2. The average molecular weight is 686 g/mol. The number of rotatable bonds is 11. The quantitative estimate of drug-likeness (QED) is 0.0466. The fraction of sp³-hybridized carbons (Fsp3) is 0. The molecular formula is C44H33N2O4S+. The summed E-state index contributed by atoms with van der Waals surface area (Å²) >= 11 is 1.37. The molecule has 0 aliphatic heterocycles. The number of aromatic carboxylic acids is 1. The lowest BCUT2D eigenvalue weighted by Gasteiger charge is -2.26. The first-order valence-corrected chi connectivity index (χ1v) is 17.1. The van der Waals surface area contributed by atoms with E-state index in [4.69, 9.17) is 0 Å². The van der Waals surface area contributed by atoms with Gasteiger partial charge in [-0.15, -0.1) is 4.57 Å². The number of carboxylic acid groups (broad SMARTS) is 1. The summed E-state index contributed by atoms with van der Waals surface area (Å²) in [5.41, 5.74) is 9.66. The first kappa shape index (κ1) is 33.0. The highest BCUT2D eigenvalue weighted by Crippen LogP contribution is 2.37. The number of hydrogen-bond acceptors (Lipinski definition) is 5. The highest BCUT2D eigenvalue weighted by Gasteiger charge is 2.24. The zero-order valence-corrected chi connectivity index (χ0v) is 28.3. The Balaban J connectivity index is 1.16. The Bertz CT molecular complexity index is 2280. The second kappa shape index (κ2) is 14.9. The third-order valence-corrected chi connectivity index (χ3v) is 9.57. The Hall–Kier alpha value is -6.54. The van der Waals surface area contributed by atoms with E-state index in [1.54, 1.807) is 16.7 Å². The zero-order chi connectivity index (χ0) is 35.2. The third-order valence-electron chi connectivity index (χ3n) is 8.49. The Morgan fingerprint density at radius 1 is 0.647 bits per heavy atom. The van der Waals surface area contributed by atoms with Crippen LogP contribution in [0, 0.1) is 0 Å². The maximum atomic E-state index is 11.5. The minimum absolute atomic E-state index is 0.0116. The van der Waals surface area contributed by atoms with Gasteiger partial charge in [0.05, 0.1) is 5.56 Å². The van der Waals surface area contributed by atoms with E-state index in [9.17, 15) is 15.2 Å². The number of carboxylic acids is 1. The van der Waals surface area contributed by atoms with Crippen LogP contribution in [0.4, 0.5) is 17.1 Å². The summed E-state index contributed by atoms with van der Waals surface area (Å²) in [6.45, 7) is 3.79. The molecule has 0 spiro atoms. The van der Waals surface area contributed by atoms with E-state index in [1.807, 2.05) is 36.4 Å². The van der Waals surface area contributed by atoms with Crippen molar-refractivity contribution in [2.45, 2.75) is 0 Å². The lowest BCUT2D eigenvalue weighted by molar-refractivity contribution is -0.586. The largest absolute Gasteiger partial charge is 0.478 e. The van der Waals surface area contributed by atoms with Crippen LogP contribution in [0.1, 0.15) is 20.9 Å². The molecule has 0 unspecified atom stereocenters. The van der Waals surface area contributed by atoms with Gasteiger partial charge in [-0.25, -0.2) is 4.79 Å². The number of aromatic nitrogens is 1. The molecule has 7 aromatic rings. The molecule has 0 radical (unpaired) electrons. The summed E-state index contributed by atoms with van der Waals surface area (Å²) in [5, 5.41) is 19.4. The number of carbonyl (C=O) groups is 1. The number of benzene rings is 6. The van der Waals surface area contributed by atoms with E-state index >= 15 is 0 Å². The van der Waals surface area contributed by atoms with Gasteiger partial charge in [0.2, 0.25) is 5.52 Å². The van der Waals surface area contributed by atoms with Gasteiger partial charge in [0.1, 0.15) is 4.70 Å². The van der Waals surface area contributed by atoms with Gasteiger partial charge >= 0.3 is 11.9 Å². The van der Waals surface area contributed by atoms with Gasteiger partial charge in [-0.2, -0.15) is 5.26 Å². The summed E-state index contributed by atoms with van der Waals surface area (Å²) in [6.07, 6.45) is 7.68. The van der Waals surface area contributed by atoms with E-state index < -0.39 is 5.97 Å². The minimum Gasteiger partial charge on any atom is -0.478 e. The van der Waals surface area contributed by atoms with Crippen molar-refractivity contribution in [3.05, 3.63) is 187 Å². The first-order valence-electron chi connectivity index (χ1n) is 16.3. The second-order valence-corrected chi connectivity index (χ2v) is 12.8. The fourth-order valence-electron chi connectivity index (χ4n) is 5.95. The molecule has 0 bridgehead atoms. The van der Waals surface area contributed by atoms with Crippen molar-refractivity contribution >= 4 is 62.6 Å². The lowest BCUT2D eigenvalue weighted by Crippen LogP contribution is -2.34. The molecular weight excluding hydrogens is 653 g/mol. The fourth-order valence-corrected chi connectivity index (χ4v) is 7.06. The van der Waals surface area contributed by atoms with Gasteiger partial charge in [-0.3, -0.25) is 4.89 Å². The molecule has 0 amide bonds. The van der Waals surface area contributed by atoms with E-state index in [1.165, 1.54) is 28.5 Å². The van der Waals surface area contributed by atoms with Gasteiger partial charge < -0.3 is 10.0 Å². The Morgan fingerprint density at radius 2 is 1.14 bits per heavy atom. The Labute approximate surface area is 300 Å². The summed E-state index contributed by atoms with van der Waals surface area (Å²) in [6, 6.07) is 51.2. The van der Waals surface area contributed by atoms with Gasteiger partial charge in [-0.05, 0) is 76.3 Å². The average Bonchev–Trinajstić information content (AvgIpc) is 3.55. The normalized spacial score (nSPS) is 11.3. The molecule has 0 atom stereocenters. The smallest absolute Gasteiger partial charge is 0.399 e. The third kappa shape index (κ3) is 7.26. The molecule has 0 fully saturated rings. The van der Waals surface area contributed by atoms with Crippen LogP contribution in [0.2, 0.25) is 0 Å². The van der Waals surface area contributed by atoms with Gasteiger partial charge in [0.15, 0.2) is 0 Å². The Morgan fingerprint density at radius 3 is 1.65 bits per heavy atom. The van der Waals surface area contributed by atoms with E-state index in [0.717, 1.165) is 38.5 Å². The number of thiazole rings is 1. The summed E-state index contributed by atoms with van der Waals surface area (Å²) in [7, 11) is 0. The highest BCUT2D eigenvalue weighted by atomic mass is 32.1. The van der Waals surface area contributed by atoms with E-state index in [-0.39, 0.29) is 11.4 Å². The van der Waals surface area contributed by atoms with Crippen molar-refractivity contribution in [3.63, 3.8) is 0 Å². The maximum Gasteiger partial charge on any atom is 0.399 e. The van der Waals surface area contributed by atoms with Crippen molar-refractivity contribution in [2.24, 2.45) is 0 Å². The number of fused-ring (bicyclic) bond motifs is 1. The van der Waals surface area contributed by atoms with Crippen LogP contribution in [0.15, 0.2) is 170 Å². The standard InChI is InChI=1S/C44H32N2O4S/c1-31(50-49)45-41-29-22-37(44(47)48)30-42(41)51-43(45)15-9-8-10-32-16-23-38(24-17-32)46(39-25-18-35(19-26-39)33-11-4-2-5-12-33)40-27-20-36(21-28-40)34-13-6-3-7-14-34/h2-30H,1H2,(H-,47,48,49)/p+1. The topological polar surface area (TPSA) is 73.9 Å². The number of anilines is 3. The van der Waals surface area contributed by atoms with Crippen LogP contribution in [-0.2, 0) is 4.89 Å². The first-order chi connectivity index (χ1) is 25.0. The predicted octanol–water partition coefficient (Wildman–Crippen LogP) is 11.3. The molecule has 0 aliphatic carbocycles. The van der Waals surface area contributed by atoms with E-state index in [0.29, 0.717) is 10.5 Å². The molecule has 0 saturated heterocycles. The van der Waals surface area contributed by atoms with Gasteiger partial charge in [0, 0.05) is 35.8 Å². The van der Waals surface area contributed by atoms with Crippen LogP contribution >= 0.6 is 11.3 Å². The molecule has 7 heteroatoms. The van der Waals surface area contributed by atoms with Crippen molar-refractivity contribution in [3.8, 4) is 22.3 Å². The summed E-state index contributed by atoms with van der Waals surface area (Å²) in [4.78, 5) is 18.2. The summed E-state index contributed by atoms with van der Waals surface area (Å²) in [5.74, 6) is -0.998. The molecule has 0 aliphatic rings. The Kier molecular flexibility index (Phi) is 9.65. The molecule has 2 N–H and O–H groups in total. The SMILES string of the molecule is C=C(OO)[n+]1c(/C=C/C=C/c2ccc(N(c3ccc(-c4ccccc4)cc3)c3ccc(-c4ccccc4)cc3)cc2)sc2cc(C(=O)O)ccc21. The van der Waals surface area contributed by atoms with Crippen LogP contribution < -0.4 is 9.47 Å². The van der Waals surface area contributed by atoms with E-state index in [2.05, 4.69) is 138 Å². The number of hydrogen-bond donors (Lipinski definition) is 2. The highest BCUT2D eigenvalue weighted by molar-refractivity contribution is 7.18. The minimum atomic E-state index is -1.01. The molecule has 6 nitrogen and oxygen atoms in total. The van der Waals surface area contributed by atoms with Gasteiger partial charge in [0.25, 0.3) is 5.01 Å². The van der Waals surface area contributed by atoms with Crippen LogP contribution in [0.5, 0.6) is 0 Å². The molecule has 1 heterocycles. The molecule has 51 heavy (non-hydrogen) atoms. The lowest BCUT2D eigenvalue weighted by atomic mass is 10.0. The zero-order valence-electron chi connectivity index (χ0n) is 27.5. The molecule has 0 saturated carbocycles. The molecule has 1 aromatic heterocycles. The number of allylic oxidation sites excluding steroid dienone is 2. The molecule has 6 aromatic carbocycles. The van der Waals surface area contributed by atoms with Crippen molar-refractivity contribution in [1.82, 2.24) is 0 Å². The van der Waals surface area contributed by atoms with Crippen LogP contribution in [0.25, 0.3) is 50.5 Å². The monoisotopic (exact) mass is 685 g/mol. The van der Waals surface area contributed by atoms with Crippen LogP contribution in [0.3, 0.4) is 0 Å². The van der Waals surface area contributed by atoms with Crippen LogP contribution in [-0.4, -0.2) is 16.3 Å². The maximum absolute atomic E-state index is 11.5. The predicted molar refractivity (Wildman–Crippen MR) is 208 cm³/mol. The summed E-state index contributed by atoms with van der Waals surface area (Å²) < 4.78 is 2.36. The molecule has 7 rings (SSSR count). The van der Waals surface area contributed by atoms with Gasteiger partial charge in [-0.1, -0.05) is 127 Å².